The number of carbonyl (C=O) groups is 2. The van der Waals surface area contributed by atoms with Crippen LogP contribution in [0.3, 0.4) is 0 Å². The molecule has 4 aliphatic rings. The highest BCUT2D eigenvalue weighted by atomic mass is 16.2. The smallest absolute Gasteiger partial charge is 0.242 e. The van der Waals surface area contributed by atoms with Crippen LogP contribution in [0.5, 0.6) is 0 Å². The van der Waals surface area contributed by atoms with Gasteiger partial charge in [-0.1, -0.05) is 30.3 Å². The van der Waals surface area contributed by atoms with E-state index in [1.807, 2.05) is 49.1 Å². The Kier molecular flexibility index (Phi) is 5.00. The van der Waals surface area contributed by atoms with Gasteiger partial charge < -0.3 is 10.2 Å². The molecule has 27 heavy (non-hydrogen) atoms. The highest BCUT2D eigenvalue weighted by molar-refractivity contribution is 5.88. The van der Waals surface area contributed by atoms with E-state index in [0.29, 0.717) is 6.54 Å². The Morgan fingerprint density at radius 1 is 1.04 bits per heavy atom. The van der Waals surface area contributed by atoms with Gasteiger partial charge in [-0.05, 0) is 75.7 Å². The van der Waals surface area contributed by atoms with Gasteiger partial charge in [0.15, 0.2) is 0 Å². The van der Waals surface area contributed by atoms with E-state index < -0.39 is 0 Å². The first kappa shape index (κ1) is 18.5. The average molecular weight is 369 g/mol. The summed E-state index contributed by atoms with van der Waals surface area (Å²) in [4.78, 5) is 27.8. The van der Waals surface area contributed by atoms with Gasteiger partial charge in [-0.2, -0.15) is 0 Å². The van der Waals surface area contributed by atoms with Crippen molar-refractivity contribution in [1.29, 1.82) is 0 Å². The second kappa shape index (κ2) is 7.29. The fourth-order valence-corrected chi connectivity index (χ4v) is 6.17. The molecule has 4 aliphatic carbocycles. The van der Waals surface area contributed by atoms with Gasteiger partial charge in [0.25, 0.3) is 0 Å². The van der Waals surface area contributed by atoms with E-state index in [1.54, 1.807) is 0 Å². The topological polar surface area (TPSA) is 49.4 Å². The highest BCUT2D eigenvalue weighted by Crippen LogP contribution is 2.60. The Balaban J connectivity index is 1.37. The van der Waals surface area contributed by atoms with Crippen LogP contribution < -0.4 is 5.32 Å². The Bertz CT molecular complexity index is 662. The third-order valence-corrected chi connectivity index (χ3v) is 7.06. The summed E-state index contributed by atoms with van der Waals surface area (Å²) in [5.74, 6) is 2.36. The lowest BCUT2D eigenvalue weighted by Crippen LogP contribution is -2.55. The van der Waals surface area contributed by atoms with Gasteiger partial charge >= 0.3 is 0 Å². The molecule has 1 aromatic carbocycles. The predicted octanol–water partition coefficient (Wildman–Crippen LogP) is 3.76. The van der Waals surface area contributed by atoms with E-state index >= 15 is 0 Å². The van der Waals surface area contributed by atoms with Crippen molar-refractivity contribution in [3.63, 3.8) is 0 Å². The molecule has 0 saturated heterocycles. The van der Waals surface area contributed by atoms with Crippen LogP contribution in [-0.2, 0) is 16.1 Å². The average Bonchev–Trinajstić information content (AvgIpc) is 2.63. The molecule has 0 spiro atoms. The van der Waals surface area contributed by atoms with E-state index in [-0.39, 0.29) is 29.8 Å². The molecule has 0 aliphatic heterocycles. The lowest BCUT2D eigenvalue weighted by atomic mass is 9.49. The predicted molar refractivity (Wildman–Crippen MR) is 106 cm³/mol. The SMILES string of the molecule is CC(C)N(Cc1ccccc1)C(=O)CNC(=O)C12CC3CC(CC(C3)C1)C2. The maximum atomic E-state index is 13.1. The van der Waals surface area contributed by atoms with Gasteiger partial charge in [-0.3, -0.25) is 9.59 Å². The third-order valence-electron chi connectivity index (χ3n) is 7.06. The Morgan fingerprint density at radius 2 is 1.59 bits per heavy atom. The quantitative estimate of drug-likeness (QED) is 0.831. The molecule has 0 atom stereocenters. The van der Waals surface area contributed by atoms with Crippen LogP contribution in [0.15, 0.2) is 30.3 Å². The number of amides is 2. The summed E-state index contributed by atoms with van der Waals surface area (Å²) in [6.45, 7) is 4.76. The minimum atomic E-state index is -0.183. The lowest BCUT2D eigenvalue weighted by Gasteiger charge is -2.55. The minimum Gasteiger partial charge on any atom is -0.347 e. The maximum Gasteiger partial charge on any atom is 0.242 e. The number of nitrogens with zero attached hydrogens (tertiary/aromatic N) is 1. The van der Waals surface area contributed by atoms with E-state index in [0.717, 1.165) is 42.6 Å². The molecule has 146 valence electrons. The van der Waals surface area contributed by atoms with Crippen LogP contribution in [0.25, 0.3) is 0 Å². The van der Waals surface area contributed by atoms with Gasteiger partial charge in [0.1, 0.15) is 0 Å². The van der Waals surface area contributed by atoms with Crippen LogP contribution in [0.4, 0.5) is 0 Å². The van der Waals surface area contributed by atoms with Crippen molar-refractivity contribution in [2.75, 3.05) is 6.54 Å². The highest BCUT2D eigenvalue weighted by Gasteiger charge is 2.54. The van der Waals surface area contributed by atoms with E-state index in [1.165, 1.54) is 19.3 Å². The second-order valence-electron chi connectivity index (χ2n) is 9.48. The zero-order chi connectivity index (χ0) is 19.0. The van der Waals surface area contributed by atoms with Crippen LogP contribution in [0.1, 0.15) is 57.9 Å². The van der Waals surface area contributed by atoms with Gasteiger partial charge in [0.2, 0.25) is 11.8 Å². The van der Waals surface area contributed by atoms with Gasteiger partial charge in [0.05, 0.1) is 6.54 Å². The zero-order valence-corrected chi connectivity index (χ0v) is 16.6. The first-order chi connectivity index (χ1) is 12.9. The maximum absolute atomic E-state index is 13.1. The van der Waals surface area contributed by atoms with Crippen molar-refractivity contribution in [3.8, 4) is 0 Å². The number of carbonyl (C=O) groups excluding carboxylic acids is 2. The number of hydrogen-bond acceptors (Lipinski definition) is 2. The molecule has 4 fully saturated rings. The van der Waals surface area contributed by atoms with Crippen molar-refractivity contribution in [3.05, 3.63) is 35.9 Å². The summed E-state index contributed by atoms with van der Waals surface area (Å²) >= 11 is 0. The third kappa shape index (κ3) is 3.76. The van der Waals surface area contributed by atoms with Crippen LogP contribution in [0, 0.1) is 23.2 Å². The summed E-state index contributed by atoms with van der Waals surface area (Å²) < 4.78 is 0. The lowest BCUT2D eigenvalue weighted by molar-refractivity contribution is -0.148. The zero-order valence-electron chi connectivity index (χ0n) is 16.6. The number of benzene rings is 1. The first-order valence-corrected chi connectivity index (χ1v) is 10.6. The molecular weight excluding hydrogens is 336 g/mol. The van der Waals surface area contributed by atoms with E-state index in [9.17, 15) is 9.59 Å². The normalized spacial score (nSPS) is 31.1. The number of nitrogens with one attached hydrogen (secondary N) is 1. The van der Waals surface area contributed by atoms with Crippen molar-refractivity contribution in [2.45, 2.75) is 65.0 Å². The molecule has 0 unspecified atom stereocenters. The molecule has 1 aromatic rings. The van der Waals surface area contributed by atoms with Crippen LogP contribution >= 0.6 is 0 Å². The Morgan fingerprint density at radius 3 is 2.11 bits per heavy atom. The molecule has 0 aromatic heterocycles. The van der Waals surface area contributed by atoms with E-state index in [4.69, 9.17) is 0 Å². The monoisotopic (exact) mass is 368 g/mol. The minimum absolute atomic E-state index is 0.00642. The van der Waals surface area contributed by atoms with Crippen LogP contribution in [0.2, 0.25) is 0 Å². The van der Waals surface area contributed by atoms with E-state index in [2.05, 4.69) is 5.32 Å². The Labute approximate surface area is 162 Å². The summed E-state index contributed by atoms with van der Waals surface area (Å²) in [6, 6.07) is 10.2. The molecule has 0 radical (unpaired) electrons. The van der Waals surface area contributed by atoms with Gasteiger partial charge in [0, 0.05) is 18.0 Å². The molecule has 4 bridgehead atoms. The fourth-order valence-electron chi connectivity index (χ4n) is 6.17. The molecule has 0 heterocycles. The summed E-state index contributed by atoms with van der Waals surface area (Å²) in [5, 5.41) is 3.03. The summed E-state index contributed by atoms with van der Waals surface area (Å²) in [7, 11) is 0. The standard InChI is InChI=1S/C23H32N2O2/c1-16(2)25(15-17-6-4-3-5-7-17)21(26)14-24-22(27)23-11-18-8-19(12-23)10-20(9-18)13-23/h3-7,16,18-20H,8-15H2,1-2H3,(H,24,27). The molecular formula is C23H32N2O2. The molecule has 2 amide bonds. The van der Waals surface area contributed by atoms with Gasteiger partial charge in [-0.15, -0.1) is 0 Å². The number of hydrogen-bond donors (Lipinski definition) is 1. The van der Waals surface area contributed by atoms with Crippen molar-refractivity contribution in [2.24, 2.45) is 23.2 Å². The molecule has 5 rings (SSSR count). The molecule has 4 saturated carbocycles. The first-order valence-electron chi connectivity index (χ1n) is 10.6. The largest absolute Gasteiger partial charge is 0.347 e. The second-order valence-corrected chi connectivity index (χ2v) is 9.48. The van der Waals surface area contributed by atoms with Crippen molar-refractivity contribution >= 4 is 11.8 Å². The Hall–Kier alpha value is -1.84. The summed E-state index contributed by atoms with van der Waals surface area (Å²) in [5.41, 5.74) is 0.934. The molecule has 4 heteroatoms. The molecule has 4 nitrogen and oxygen atoms in total. The van der Waals surface area contributed by atoms with Crippen molar-refractivity contribution in [1.82, 2.24) is 10.2 Å². The van der Waals surface area contributed by atoms with Gasteiger partial charge in [-0.25, -0.2) is 0 Å². The fraction of sp³-hybridized carbons (Fsp3) is 0.652. The molecule has 1 N–H and O–H groups in total. The summed E-state index contributed by atoms with van der Waals surface area (Å²) in [6.07, 6.45) is 7.09. The van der Waals surface area contributed by atoms with Crippen LogP contribution in [-0.4, -0.2) is 29.3 Å². The number of rotatable bonds is 6. The van der Waals surface area contributed by atoms with Crippen molar-refractivity contribution < 1.29 is 9.59 Å².